The van der Waals surface area contributed by atoms with Gasteiger partial charge in [-0.2, -0.15) is 0 Å². The number of aliphatic hydroxyl groups is 2. The van der Waals surface area contributed by atoms with Gasteiger partial charge in [0.2, 0.25) is 11.6 Å². The van der Waals surface area contributed by atoms with E-state index in [9.17, 15) is 29.4 Å². The van der Waals surface area contributed by atoms with Crippen LogP contribution in [-0.2, 0) is 28.7 Å². The monoisotopic (exact) mass is 556 g/mol. The van der Waals surface area contributed by atoms with E-state index in [2.05, 4.69) is 0 Å². The molecule has 0 bridgehead atoms. The molecule has 0 saturated heterocycles. The summed E-state index contributed by atoms with van der Waals surface area (Å²) in [6, 6.07) is 13.8. The molecule has 1 aliphatic carbocycles. The third-order valence-electron chi connectivity index (χ3n) is 6.36. The second-order valence-corrected chi connectivity index (χ2v) is 10.2. The van der Waals surface area contributed by atoms with Crippen LogP contribution >= 0.6 is 23.5 Å². The van der Waals surface area contributed by atoms with Gasteiger partial charge in [-0.1, -0.05) is 24.3 Å². The highest BCUT2D eigenvalue weighted by Gasteiger charge is 2.43. The minimum absolute atomic E-state index is 0.349. The topological polar surface area (TPSA) is 127 Å². The van der Waals surface area contributed by atoms with Crippen LogP contribution in [0.3, 0.4) is 0 Å². The number of rotatable bonds is 10. The zero-order valence-electron chi connectivity index (χ0n) is 21.3. The van der Waals surface area contributed by atoms with Gasteiger partial charge >= 0.3 is 11.9 Å². The quantitative estimate of drug-likeness (QED) is 0.237. The van der Waals surface area contributed by atoms with Gasteiger partial charge in [-0.25, -0.2) is 0 Å². The standard InChI is InChI=1S/C28H28O8S2/c1-35-21(29)13-19(15-5-9-17(37-3)10-6-15)23-25(31)27(33)24(28(34)26(23)32)20(14-22(30)36-2)16-7-11-18(38-4)12-8-16/h5-12,19-20,31,34H,13-14H2,1-4H3/t19-,20+. The van der Waals surface area contributed by atoms with Gasteiger partial charge in [0.25, 0.3) is 0 Å². The number of thioether (sulfide) groups is 2. The summed E-state index contributed by atoms with van der Waals surface area (Å²) < 4.78 is 9.57. The first-order valence-corrected chi connectivity index (χ1v) is 14.0. The largest absolute Gasteiger partial charge is 0.504 e. The van der Waals surface area contributed by atoms with E-state index in [-0.39, 0.29) is 12.8 Å². The van der Waals surface area contributed by atoms with Crippen LogP contribution in [0.4, 0.5) is 0 Å². The molecule has 2 atom stereocenters. The fourth-order valence-corrected chi connectivity index (χ4v) is 5.12. The Balaban J connectivity index is 2.13. The van der Waals surface area contributed by atoms with Crippen molar-refractivity contribution in [1.29, 1.82) is 0 Å². The fourth-order valence-electron chi connectivity index (χ4n) is 4.31. The van der Waals surface area contributed by atoms with Crippen LogP contribution in [0.15, 0.2) is 81.0 Å². The molecular formula is C28H28O8S2. The van der Waals surface area contributed by atoms with Crippen molar-refractivity contribution in [3.63, 3.8) is 0 Å². The predicted molar refractivity (Wildman–Crippen MR) is 145 cm³/mol. The highest BCUT2D eigenvalue weighted by atomic mass is 32.2. The van der Waals surface area contributed by atoms with Gasteiger partial charge in [-0.3, -0.25) is 19.2 Å². The molecule has 38 heavy (non-hydrogen) atoms. The van der Waals surface area contributed by atoms with E-state index in [1.807, 2.05) is 12.5 Å². The lowest BCUT2D eigenvalue weighted by atomic mass is 9.76. The highest BCUT2D eigenvalue weighted by Crippen LogP contribution is 2.41. The molecular weight excluding hydrogens is 528 g/mol. The smallest absolute Gasteiger partial charge is 0.306 e. The Morgan fingerprint density at radius 1 is 0.684 bits per heavy atom. The number of carbonyl (C=O) groups excluding carboxylic acids is 4. The van der Waals surface area contributed by atoms with Crippen molar-refractivity contribution in [2.24, 2.45) is 0 Å². The van der Waals surface area contributed by atoms with E-state index in [1.54, 1.807) is 48.5 Å². The van der Waals surface area contributed by atoms with E-state index in [1.165, 1.54) is 37.7 Å². The summed E-state index contributed by atoms with van der Waals surface area (Å²) >= 11 is 2.99. The molecule has 3 rings (SSSR count). The van der Waals surface area contributed by atoms with Crippen LogP contribution in [0.2, 0.25) is 0 Å². The number of ketones is 2. The highest BCUT2D eigenvalue weighted by molar-refractivity contribution is 7.98. The zero-order chi connectivity index (χ0) is 28.0. The Hall–Kier alpha value is -3.50. The molecule has 0 unspecified atom stereocenters. The van der Waals surface area contributed by atoms with Gasteiger partial charge in [0, 0.05) is 21.6 Å². The minimum atomic E-state index is -1.06. The maximum absolute atomic E-state index is 13.5. The number of ether oxygens (including phenoxy) is 2. The van der Waals surface area contributed by atoms with Gasteiger partial charge in [0.15, 0.2) is 11.5 Å². The van der Waals surface area contributed by atoms with E-state index in [0.717, 1.165) is 9.79 Å². The van der Waals surface area contributed by atoms with Gasteiger partial charge in [0.1, 0.15) is 0 Å². The average molecular weight is 557 g/mol. The molecule has 0 saturated carbocycles. The molecule has 1 aliphatic rings. The SMILES string of the molecule is COC(=O)C[C@H](C1=C(O)C(=O)C([C@H](CC(=O)OC)c2ccc(SC)cc2)=C(O)C1=O)c1ccc(SC)cc1. The minimum Gasteiger partial charge on any atom is -0.504 e. The summed E-state index contributed by atoms with van der Waals surface area (Å²) in [5, 5.41) is 22.1. The van der Waals surface area contributed by atoms with Crippen molar-refractivity contribution in [3.8, 4) is 0 Å². The summed E-state index contributed by atoms with van der Waals surface area (Å²) in [4.78, 5) is 53.4. The lowest BCUT2D eigenvalue weighted by molar-refractivity contribution is -0.142. The third-order valence-corrected chi connectivity index (χ3v) is 7.85. The number of methoxy groups -OCH3 is 2. The van der Waals surface area contributed by atoms with Crippen LogP contribution in [0.25, 0.3) is 0 Å². The fraction of sp³-hybridized carbons (Fsp3) is 0.286. The molecule has 0 amide bonds. The van der Waals surface area contributed by atoms with Crippen molar-refractivity contribution < 1.29 is 38.9 Å². The van der Waals surface area contributed by atoms with Crippen LogP contribution in [-0.4, -0.2) is 60.4 Å². The van der Waals surface area contributed by atoms with Crippen LogP contribution in [0.1, 0.15) is 35.8 Å². The third kappa shape index (κ3) is 6.14. The van der Waals surface area contributed by atoms with Gasteiger partial charge in [0.05, 0.1) is 38.2 Å². The maximum atomic E-state index is 13.5. The molecule has 2 aromatic rings. The summed E-state index contributed by atoms with van der Waals surface area (Å²) in [7, 11) is 2.38. The second-order valence-electron chi connectivity index (χ2n) is 8.39. The Labute approximate surface area is 229 Å². The lowest BCUT2D eigenvalue weighted by Crippen LogP contribution is -2.31. The van der Waals surface area contributed by atoms with Crippen LogP contribution < -0.4 is 0 Å². The Bertz CT molecular complexity index is 1190. The molecule has 0 radical (unpaired) electrons. The molecule has 0 aliphatic heterocycles. The number of allylic oxidation sites excluding steroid dienone is 2. The molecule has 0 aromatic heterocycles. The lowest BCUT2D eigenvalue weighted by Gasteiger charge is -2.27. The van der Waals surface area contributed by atoms with Crippen LogP contribution in [0.5, 0.6) is 0 Å². The van der Waals surface area contributed by atoms with Crippen molar-refractivity contribution >= 4 is 47.0 Å². The van der Waals surface area contributed by atoms with E-state index in [0.29, 0.717) is 11.1 Å². The molecule has 200 valence electrons. The summed E-state index contributed by atoms with van der Waals surface area (Å²) in [6.45, 7) is 0. The predicted octanol–water partition coefficient (Wildman–Crippen LogP) is 4.90. The number of hydrogen-bond donors (Lipinski definition) is 2. The molecule has 0 fully saturated rings. The molecule has 8 nitrogen and oxygen atoms in total. The van der Waals surface area contributed by atoms with E-state index >= 15 is 0 Å². The number of esters is 2. The average Bonchev–Trinajstić information content (AvgIpc) is 2.95. The first-order valence-electron chi connectivity index (χ1n) is 11.5. The van der Waals surface area contributed by atoms with Crippen molar-refractivity contribution in [1.82, 2.24) is 0 Å². The number of hydrogen-bond acceptors (Lipinski definition) is 10. The summed E-state index contributed by atoms with van der Waals surface area (Å²) in [5.41, 5.74) is 0.137. The summed E-state index contributed by atoms with van der Waals surface area (Å²) in [6.07, 6.45) is 3.08. The molecule has 10 heteroatoms. The first kappa shape index (κ1) is 29.1. The second kappa shape index (κ2) is 12.8. The van der Waals surface area contributed by atoms with Crippen molar-refractivity contribution in [2.75, 3.05) is 26.7 Å². The van der Waals surface area contributed by atoms with Gasteiger partial charge in [-0.15, -0.1) is 23.5 Å². The Morgan fingerprint density at radius 3 is 1.26 bits per heavy atom. The summed E-state index contributed by atoms with van der Waals surface area (Å²) in [5.74, 6) is -7.24. The number of carbonyl (C=O) groups is 4. The Morgan fingerprint density at radius 2 is 1.00 bits per heavy atom. The maximum Gasteiger partial charge on any atom is 0.306 e. The van der Waals surface area contributed by atoms with Gasteiger partial charge in [-0.05, 0) is 47.9 Å². The van der Waals surface area contributed by atoms with Crippen molar-refractivity contribution in [3.05, 3.63) is 82.3 Å². The first-order chi connectivity index (χ1) is 18.2. The molecule has 0 spiro atoms. The van der Waals surface area contributed by atoms with Gasteiger partial charge < -0.3 is 19.7 Å². The molecule has 2 N–H and O–H groups in total. The molecule has 0 heterocycles. The number of benzene rings is 2. The number of Topliss-reactive ketones (excluding diaryl/α,β-unsaturated/α-hetero) is 2. The Kier molecular flexibility index (Phi) is 9.82. The zero-order valence-corrected chi connectivity index (χ0v) is 23.0. The number of aliphatic hydroxyl groups excluding tert-OH is 2. The van der Waals surface area contributed by atoms with Crippen molar-refractivity contribution in [2.45, 2.75) is 34.5 Å². The normalized spacial score (nSPS) is 15.4. The van der Waals surface area contributed by atoms with E-state index in [4.69, 9.17) is 9.47 Å². The van der Waals surface area contributed by atoms with E-state index < -0.39 is 58.0 Å². The van der Waals surface area contributed by atoms with Crippen LogP contribution in [0, 0.1) is 0 Å². The molecule has 2 aromatic carbocycles.